The highest BCUT2D eigenvalue weighted by molar-refractivity contribution is 5.98. The number of nitrogens with two attached hydrogens (primary N) is 1. The van der Waals surface area contributed by atoms with Gasteiger partial charge in [-0.25, -0.2) is 4.68 Å². The summed E-state index contributed by atoms with van der Waals surface area (Å²) < 4.78 is 1.76. The van der Waals surface area contributed by atoms with Crippen molar-refractivity contribution in [3.63, 3.8) is 0 Å². The molecule has 1 saturated heterocycles. The predicted molar refractivity (Wildman–Crippen MR) is 68.5 cm³/mol. The quantitative estimate of drug-likeness (QED) is 0.852. The van der Waals surface area contributed by atoms with Gasteiger partial charge in [0.25, 0.3) is 0 Å². The van der Waals surface area contributed by atoms with Gasteiger partial charge in [0, 0.05) is 31.4 Å². The van der Waals surface area contributed by atoms with Crippen LogP contribution in [0.15, 0.2) is 42.7 Å². The van der Waals surface area contributed by atoms with Crippen LogP contribution in [-0.4, -0.2) is 28.3 Å². The Labute approximate surface area is 105 Å². The van der Waals surface area contributed by atoms with Crippen molar-refractivity contribution >= 4 is 11.6 Å². The van der Waals surface area contributed by atoms with E-state index >= 15 is 0 Å². The highest BCUT2D eigenvalue weighted by Gasteiger charge is 2.29. The predicted octanol–water partition coefficient (Wildman–Crippen LogP) is 0.936. The molecule has 1 aliphatic heterocycles. The minimum Gasteiger partial charge on any atom is -0.326 e. The molecule has 5 heteroatoms. The number of aromatic nitrogens is 2. The van der Waals surface area contributed by atoms with Gasteiger partial charge in [-0.15, -0.1) is 0 Å². The zero-order valence-electron chi connectivity index (χ0n) is 9.86. The van der Waals surface area contributed by atoms with Crippen molar-refractivity contribution in [3.05, 3.63) is 42.7 Å². The summed E-state index contributed by atoms with van der Waals surface area (Å²) in [5, 5.41) is 4.21. The molecular formula is C13H14N4O. The maximum Gasteiger partial charge on any atom is 0.228 e. The molecule has 1 aromatic heterocycles. The van der Waals surface area contributed by atoms with E-state index in [1.165, 1.54) is 0 Å². The average Bonchev–Trinajstić information content (AvgIpc) is 2.99. The number of benzene rings is 1. The van der Waals surface area contributed by atoms with Crippen LogP contribution in [0.5, 0.6) is 0 Å². The van der Waals surface area contributed by atoms with Gasteiger partial charge in [-0.2, -0.15) is 5.10 Å². The van der Waals surface area contributed by atoms with Gasteiger partial charge in [-0.1, -0.05) is 12.1 Å². The van der Waals surface area contributed by atoms with Crippen molar-refractivity contribution in [2.75, 3.05) is 11.4 Å². The van der Waals surface area contributed by atoms with E-state index in [1.54, 1.807) is 15.8 Å². The number of anilines is 1. The first kappa shape index (κ1) is 11.0. The molecule has 0 radical (unpaired) electrons. The third-order valence-electron chi connectivity index (χ3n) is 3.08. The molecular weight excluding hydrogens is 228 g/mol. The molecule has 1 aliphatic rings. The van der Waals surface area contributed by atoms with Crippen molar-refractivity contribution in [1.82, 2.24) is 9.78 Å². The molecule has 0 saturated carbocycles. The molecule has 0 aliphatic carbocycles. The highest BCUT2D eigenvalue weighted by Crippen LogP contribution is 2.27. The molecule has 1 fully saturated rings. The molecule has 1 aromatic carbocycles. The second-order valence-corrected chi connectivity index (χ2v) is 4.41. The number of nitrogens with zero attached hydrogens (tertiary/aromatic N) is 3. The molecule has 3 rings (SSSR count). The van der Waals surface area contributed by atoms with E-state index in [4.69, 9.17) is 5.73 Å². The smallest absolute Gasteiger partial charge is 0.228 e. The van der Waals surface area contributed by atoms with Gasteiger partial charge >= 0.3 is 0 Å². The summed E-state index contributed by atoms with van der Waals surface area (Å²) in [5.74, 6) is 0.0714. The van der Waals surface area contributed by atoms with Crippen molar-refractivity contribution in [2.24, 2.45) is 5.73 Å². The van der Waals surface area contributed by atoms with Crippen LogP contribution in [0.3, 0.4) is 0 Å². The zero-order valence-corrected chi connectivity index (χ0v) is 9.86. The van der Waals surface area contributed by atoms with E-state index in [0.29, 0.717) is 13.0 Å². The molecule has 5 nitrogen and oxygen atoms in total. The number of rotatable bonds is 2. The summed E-state index contributed by atoms with van der Waals surface area (Å²) in [7, 11) is 0. The molecule has 18 heavy (non-hydrogen) atoms. The maximum absolute atomic E-state index is 11.9. The summed E-state index contributed by atoms with van der Waals surface area (Å²) in [6.45, 7) is 0.567. The van der Waals surface area contributed by atoms with Crippen LogP contribution in [-0.2, 0) is 4.79 Å². The first-order valence-electron chi connectivity index (χ1n) is 5.90. The van der Waals surface area contributed by atoms with Gasteiger partial charge in [0.05, 0.1) is 11.4 Å². The van der Waals surface area contributed by atoms with Crippen LogP contribution in [0.25, 0.3) is 5.69 Å². The number of hydrogen-bond donors (Lipinski definition) is 1. The Morgan fingerprint density at radius 2 is 2.00 bits per heavy atom. The van der Waals surface area contributed by atoms with Gasteiger partial charge in [-0.05, 0) is 18.2 Å². The average molecular weight is 242 g/mol. The van der Waals surface area contributed by atoms with Gasteiger partial charge in [0.2, 0.25) is 5.91 Å². The van der Waals surface area contributed by atoms with Crippen molar-refractivity contribution in [1.29, 1.82) is 0 Å². The van der Waals surface area contributed by atoms with E-state index in [9.17, 15) is 4.79 Å². The Morgan fingerprint density at radius 1 is 1.22 bits per heavy atom. The van der Waals surface area contributed by atoms with Crippen LogP contribution in [0.4, 0.5) is 5.69 Å². The first-order chi connectivity index (χ1) is 8.75. The van der Waals surface area contributed by atoms with E-state index in [1.807, 2.05) is 36.5 Å². The summed E-state index contributed by atoms with van der Waals surface area (Å²) in [4.78, 5) is 13.7. The molecule has 92 valence electrons. The van der Waals surface area contributed by atoms with Gasteiger partial charge in [0.15, 0.2) is 0 Å². The van der Waals surface area contributed by atoms with Crippen LogP contribution < -0.4 is 10.6 Å². The molecule has 1 amide bonds. The molecule has 1 unspecified atom stereocenters. The van der Waals surface area contributed by atoms with E-state index < -0.39 is 0 Å². The van der Waals surface area contributed by atoms with Gasteiger partial charge in [-0.3, -0.25) is 4.79 Å². The van der Waals surface area contributed by atoms with Crippen molar-refractivity contribution in [2.45, 2.75) is 12.5 Å². The molecule has 2 heterocycles. The van der Waals surface area contributed by atoms with Crippen LogP contribution in [0, 0.1) is 0 Å². The Morgan fingerprint density at radius 3 is 2.61 bits per heavy atom. The highest BCUT2D eigenvalue weighted by atomic mass is 16.2. The van der Waals surface area contributed by atoms with Crippen LogP contribution in [0.2, 0.25) is 0 Å². The molecule has 0 bridgehead atoms. The van der Waals surface area contributed by atoms with E-state index in [0.717, 1.165) is 11.4 Å². The van der Waals surface area contributed by atoms with E-state index in [2.05, 4.69) is 5.10 Å². The summed E-state index contributed by atoms with van der Waals surface area (Å²) >= 11 is 0. The van der Waals surface area contributed by atoms with Crippen molar-refractivity contribution < 1.29 is 4.79 Å². The summed E-state index contributed by atoms with van der Waals surface area (Å²) in [6, 6.07) is 9.49. The number of carbonyl (C=O) groups excluding carboxylic acids is 1. The lowest BCUT2D eigenvalue weighted by atomic mass is 10.2. The lowest BCUT2D eigenvalue weighted by Crippen LogP contribution is -2.28. The fourth-order valence-corrected chi connectivity index (χ4v) is 2.27. The van der Waals surface area contributed by atoms with E-state index in [-0.39, 0.29) is 11.9 Å². The monoisotopic (exact) mass is 242 g/mol. The molecule has 2 aromatic rings. The largest absolute Gasteiger partial charge is 0.326 e. The fourth-order valence-electron chi connectivity index (χ4n) is 2.27. The second-order valence-electron chi connectivity index (χ2n) is 4.41. The lowest BCUT2D eigenvalue weighted by Gasteiger charge is -2.19. The fraction of sp³-hybridized carbons (Fsp3) is 0.231. The molecule has 1 atom stereocenters. The normalized spacial score (nSPS) is 19.5. The first-order valence-corrected chi connectivity index (χ1v) is 5.90. The number of para-hydroxylation sites is 2. The lowest BCUT2D eigenvalue weighted by molar-refractivity contribution is -0.117. The maximum atomic E-state index is 11.9. The van der Waals surface area contributed by atoms with Crippen LogP contribution >= 0.6 is 0 Å². The minimum atomic E-state index is -0.0804. The Hall–Kier alpha value is -2.14. The van der Waals surface area contributed by atoms with Gasteiger partial charge in [0.1, 0.15) is 0 Å². The minimum absolute atomic E-state index is 0.0714. The SMILES string of the molecule is NC1CC(=O)N(c2ccccc2-n2cccn2)C1. The Bertz CT molecular complexity index is 564. The molecule has 2 N–H and O–H groups in total. The third kappa shape index (κ3) is 1.78. The Kier molecular flexibility index (Phi) is 2.60. The summed E-state index contributed by atoms with van der Waals surface area (Å²) in [5.41, 5.74) is 7.59. The molecule has 0 spiro atoms. The second kappa shape index (κ2) is 4.27. The summed E-state index contributed by atoms with van der Waals surface area (Å²) in [6.07, 6.45) is 3.99. The van der Waals surface area contributed by atoms with Crippen molar-refractivity contribution in [3.8, 4) is 5.69 Å². The number of hydrogen-bond acceptors (Lipinski definition) is 3. The number of carbonyl (C=O) groups is 1. The standard InChI is InChI=1S/C13H14N4O/c14-10-8-13(18)16(9-10)11-4-1-2-5-12(11)17-7-3-6-15-17/h1-7,10H,8-9,14H2. The Balaban J connectivity index is 2.05. The van der Waals surface area contributed by atoms with Crippen LogP contribution in [0.1, 0.15) is 6.42 Å². The number of amides is 1. The zero-order chi connectivity index (χ0) is 12.5. The third-order valence-corrected chi connectivity index (χ3v) is 3.08. The van der Waals surface area contributed by atoms with Gasteiger partial charge < -0.3 is 10.6 Å². The topological polar surface area (TPSA) is 64.2 Å².